The first-order valence-corrected chi connectivity index (χ1v) is 8.24. The van der Waals surface area contributed by atoms with Gasteiger partial charge >= 0.3 is 0 Å². The van der Waals surface area contributed by atoms with Gasteiger partial charge in [0.1, 0.15) is 4.90 Å². The smallest absolute Gasteiger partial charge is 0.266 e. The van der Waals surface area contributed by atoms with Crippen molar-refractivity contribution in [2.45, 2.75) is 25.2 Å². The summed E-state index contributed by atoms with van der Waals surface area (Å²) in [6.45, 7) is 3.93. The lowest BCUT2D eigenvalue weighted by atomic mass is 10.1. The Kier molecular flexibility index (Phi) is 4.23. The fraction of sp³-hybridized carbons (Fsp3) is 0.250. The maximum Gasteiger partial charge on any atom is 0.266 e. The van der Waals surface area contributed by atoms with Gasteiger partial charge in [-0.2, -0.15) is 0 Å². The van der Waals surface area contributed by atoms with Gasteiger partial charge in [0.15, 0.2) is 0 Å². The van der Waals surface area contributed by atoms with Crippen molar-refractivity contribution in [1.82, 2.24) is 0 Å². The number of rotatable bonds is 4. The molecule has 4 nitrogen and oxygen atoms in total. The second-order valence-electron chi connectivity index (χ2n) is 5.03. The van der Waals surface area contributed by atoms with Crippen molar-refractivity contribution in [3.05, 3.63) is 53.6 Å². The van der Waals surface area contributed by atoms with Gasteiger partial charge in [0.25, 0.3) is 10.0 Å². The highest BCUT2D eigenvalue weighted by Crippen LogP contribution is 2.26. The van der Waals surface area contributed by atoms with Crippen molar-refractivity contribution < 1.29 is 8.42 Å². The van der Waals surface area contributed by atoms with Crippen LogP contribution in [0, 0.1) is 6.92 Å². The quantitative estimate of drug-likeness (QED) is 0.883. The first kappa shape index (κ1) is 15.4. The maximum atomic E-state index is 12.7. The van der Waals surface area contributed by atoms with Gasteiger partial charge in [-0.05, 0) is 48.7 Å². The highest BCUT2D eigenvalue weighted by Gasteiger charge is 2.23. The maximum absolute atomic E-state index is 12.7. The van der Waals surface area contributed by atoms with Gasteiger partial charge in [0.2, 0.25) is 0 Å². The molecule has 0 radical (unpaired) electrons. The summed E-state index contributed by atoms with van der Waals surface area (Å²) in [7, 11) is -2.11. The van der Waals surface area contributed by atoms with Gasteiger partial charge < -0.3 is 5.73 Å². The van der Waals surface area contributed by atoms with Crippen LogP contribution in [0.4, 0.5) is 11.4 Å². The summed E-state index contributed by atoms with van der Waals surface area (Å²) in [6.07, 6.45) is 0.918. The van der Waals surface area contributed by atoms with Crippen LogP contribution in [0.15, 0.2) is 47.4 Å². The molecule has 112 valence electrons. The van der Waals surface area contributed by atoms with E-state index in [1.165, 1.54) is 16.9 Å². The van der Waals surface area contributed by atoms with E-state index in [1.807, 2.05) is 19.1 Å². The molecule has 0 aliphatic carbocycles. The van der Waals surface area contributed by atoms with Crippen LogP contribution in [0.5, 0.6) is 0 Å². The Labute approximate surface area is 126 Å². The molecule has 2 rings (SSSR count). The summed E-state index contributed by atoms with van der Waals surface area (Å²) >= 11 is 0. The number of benzene rings is 2. The van der Waals surface area contributed by atoms with E-state index >= 15 is 0 Å². The lowest BCUT2D eigenvalue weighted by molar-refractivity contribution is 0.595. The Hall–Kier alpha value is -2.01. The molecule has 0 aromatic heterocycles. The van der Waals surface area contributed by atoms with Gasteiger partial charge in [-0.15, -0.1) is 0 Å². The Balaban J connectivity index is 2.42. The van der Waals surface area contributed by atoms with E-state index < -0.39 is 10.0 Å². The van der Waals surface area contributed by atoms with Crippen LogP contribution in [0.2, 0.25) is 0 Å². The Bertz CT molecular complexity index is 737. The number of nitrogens with zero attached hydrogens (tertiary/aromatic N) is 1. The van der Waals surface area contributed by atoms with Crippen LogP contribution >= 0.6 is 0 Å². The van der Waals surface area contributed by atoms with Crippen LogP contribution in [0.3, 0.4) is 0 Å². The molecule has 0 atom stereocenters. The molecule has 2 aromatic carbocycles. The third-order valence-corrected chi connectivity index (χ3v) is 5.37. The van der Waals surface area contributed by atoms with Gasteiger partial charge in [0.05, 0.1) is 11.4 Å². The number of hydrogen-bond acceptors (Lipinski definition) is 3. The molecule has 0 aliphatic heterocycles. The molecule has 0 heterocycles. The molecular formula is C16H20N2O2S. The van der Waals surface area contributed by atoms with E-state index in [2.05, 4.69) is 6.92 Å². The molecule has 21 heavy (non-hydrogen) atoms. The van der Waals surface area contributed by atoms with Gasteiger partial charge in [-0.1, -0.05) is 25.1 Å². The van der Waals surface area contributed by atoms with Gasteiger partial charge in [0, 0.05) is 7.05 Å². The Morgan fingerprint density at radius 1 is 1.10 bits per heavy atom. The number of nitrogens with two attached hydrogens (primary N) is 1. The highest BCUT2D eigenvalue weighted by molar-refractivity contribution is 7.93. The van der Waals surface area contributed by atoms with Crippen LogP contribution in [-0.2, 0) is 16.4 Å². The number of hydrogen-bond donors (Lipinski definition) is 1. The van der Waals surface area contributed by atoms with E-state index in [1.54, 1.807) is 30.3 Å². The van der Waals surface area contributed by atoms with Crippen LogP contribution in [-0.4, -0.2) is 15.5 Å². The lowest BCUT2D eigenvalue weighted by Gasteiger charge is -2.21. The van der Waals surface area contributed by atoms with Gasteiger partial charge in [-0.3, -0.25) is 4.31 Å². The normalized spacial score (nSPS) is 11.4. The molecule has 0 aliphatic rings. The molecule has 0 saturated heterocycles. The number of nitrogen functional groups attached to an aromatic ring is 1. The second-order valence-corrected chi connectivity index (χ2v) is 6.97. The molecule has 0 fully saturated rings. The van der Waals surface area contributed by atoms with Crippen molar-refractivity contribution in [1.29, 1.82) is 0 Å². The molecule has 0 amide bonds. The van der Waals surface area contributed by atoms with Crippen molar-refractivity contribution in [3.63, 3.8) is 0 Å². The van der Waals surface area contributed by atoms with E-state index in [-0.39, 0.29) is 10.6 Å². The fourth-order valence-corrected chi connectivity index (χ4v) is 3.42. The van der Waals surface area contributed by atoms with Crippen molar-refractivity contribution >= 4 is 21.4 Å². The minimum atomic E-state index is -3.65. The summed E-state index contributed by atoms with van der Waals surface area (Å²) < 4.78 is 26.6. The van der Waals surface area contributed by atoms with E-state index in [9.17, 15) is 8.42 Å². The zero-order chi connectivity index (χ0) is 15.6. The minimum Gasteiger partial charge on any atom is -0.398 e. The van der Waals surface area contributed by atoms with Crippen LogP contribution in [0.1, 0.15) is 18.1 Å². The summed E-state index contributed by atoms with van der Waals surface area (Å²) in [5.74, 6) is 0. The molecule has 5 heteroatoms. The second kappa shape index (κ2) is 5.77. The van der Waals surface area contributed by atoms with Gasteiger partial charge in [-0.25, -0.2) is 8.42 Å². The first-order chi connectivity index (χ1) is 9.86. The third kappa shape index (κ3) is 3.03. The summed E-state index contributed by atoms with van der Waals surface area (Å²) in [4.78, 5) is 0.134. The predicted molar refractivity (Wildman–Crippen MR) is 87.0 cm³/mol. The average Bonchev–Trinajstić information content (AvgIpc) is 2.46. The average molecular weight is 304 g/mol. The van der Waals surface area contributed by atoms with E-state index in [0.29, 0.717) is 5.69 Å². The first-order valence-electron chi connectivity index (χ1n) is 6.80. The monoisotopic (exact) mass is 304 g/mol. The number of anilines is 2. The summed E-state index contributed by atoms with van der Waals surface area (Å²) in [5, 5.41) is 0. The lowest BCUT2D eigenvalue weighted by Crippen LogP contribution is -2.27. The molecule has 0 spiro atoms. The highest BCUT2D eigenvalue weighted by atomic mass is 32.2. The largest absolute Gasteiger partial charge is 0.398 e. The molecule has 0 saturated carbocycles. The molecule has 0 unspecified atom stereocenters. The predicted octanol–water partition coefficient (Wildman–Crippen LogP) is 2.96. The molecular weight excluding hydrogens is 284 g/mol. The topological polar surface area (TPSA) is 63.4 Å². The van der Waals surface area contributed by atoms with Crippen LogP contribution in [0.25, 0.3) is 0 Å². The van der Waals surface area contributed by atoms with Crippen molar-refractivity contribution in [2.24, 2.45) is 0 Å². The zero-order valence-corrected chi connectivity index (χ0v) is 13.3. The Morgan fingerprint density at radius 2 is 1.71 bits per heavy atom. The molecule has 2 N–H and O–H groups in total. The zero-order valence-electron chi connectivity index (χ0n) is 12.5. The summed E-state index contributed by atoms with van der Waals surface area (Å²) in [6, 6.07) is 12.4. The van der Waals surface area contributed by atoms with E-state index in [0.717, 1.165) is 12.0 Å². The third-order valence-electron chi connectivity index (χ3n) is 3.51. The van der Waals surface area contributed by atoms with Crippen LogP contribution < -0.4 is 10.0 Å². The van der Waals surface area contributed by atoms with Crippen molar-refractivity contribution in [2.75, 3.05) is 17.1 Å². The molecule has 2 aromatic rings. The van der Waals surface area contributed by atoms with Crippen molar-refractivity contribution in [3.8, 4) is 0 Å². The Morgan fingerprint density at radius 3 is 2.24 bits per heavy atom. The SMILES string of the molecule is CCc1ccc(N(C)S(=O)(=O)c2ccc(C)cc2N)cc1. The number of sulfonamides is 1. The fourth-order valence-electron chi connectivity index (χ4n) is 2.13. The standard InChI is InChI=1S/C16H20N2O2S/c1-4-13-6-8-14(9-7-13)18(3)21(19,20)16-10-5-12(2)11-15(16)17/h5-11H,4,17H2,1-3H3. The minimum absolute atomic E-state index is 0.134. The molecule has 0 bridgehead atoms. The summed E-state index contributed by atoms with van der Waals surface area (Å²) in [5.41, 5.74) is 8.85. The number of aryl methyl sites for hydroxylation is 2. The van der Waals surface area contributed by atoms with E-state index in [4.69, 9.17) is 5.73 Å².